The average Bonchev–Trinajstić information content (AvgIpc) is 2.90. The number of piperidine rings is 1. The van der Waals surface area contributed by atoms with Gasteiger partial charge < -0.3 is 14.4 Å². The van der Waals surface area contributed by atoms with E-state index in [1.54, 1.807) is 10.6 Å². The topological polar surface area (TPSA) is 71.8 Å². The molecular weight excluding hydrogens is 356 g/mol. The van der Waals surface area contributed by atoms with E-state index in [0.717, 1.165) is 36.6 Å². The number of rotatable bonds is 5. The van der Waals surface area contributed by atoms with E-state index in [0.29, 0.717) is 18.6 Å². The molecule has 2 aromatic rings. The maximum absolute atomic E-state index is 13.0. The number of pyridine rings is 1. The lowest BCUT2D eigenvalue weighted by molar-refractivity contribution is -0.00935. The predicted octanol–water partition coefficient (Wildman–Crippen LogP) is 2.73. The van der Waals surface area contributed by atoms with Gasteiger partial charge in [-0.05, 0) is 44.2 Å². The number of para-hydroxylation sites is 1. The van der Waals surface area contributed by atoms with Crippen LogP contribution in [0.3, 0.4) is 0 Å². The zero-order valence-corrected chi connectivity index (χ0v) is 16.5. The van der Waals surface area contributed by atoms with E-state index >= 15 is 0 Å². The molecule has 1 aromatic heterocycles. The summed E-state index contributed by atoms with van der Waals surface area (Å²) in [5.41, 5.74) is 0.645. The first-order valence-electron chi connectivity index (χ1n) is 10.2. The standard InChI is InChI=1S/C22H28N2O4/c1-14(2)24-20-6-4-3-5-15(20)11-19(21(24)26)22(27)28-18-12-16-7-8-17(13-18)23(16)9-10-25/h3-6,11,14,16-18,25H,7-10,12-13H2,1-2H3/t16-,17+,18?. The van der Waals surface area contributed by atoms with Crippen LogP contribution in [0.2, 0.25) is 0 Å². The van der Waals surface area contributed by atoms with Crippen molar-refractivity contribution in [3.05, 3.63) is 46.2 Å². The largest absolute Gasteiger partial charge is 0.459 e. The molecule has 150 valence electrons. The summed E-state index contributed by atoms with van der Waals surface area (Å²) in [6, 6.07) is 9.94. The van der Waals surface area contributed by atoms with E-state index in [4.69, 9.17) is 4.74 Å². The number of aliphatic hydroxyl groups is 1. The summed E-state index contributed by atoms with van der Waals surface area (Å²) in [5.74, 6) is -0.523. The van der Waals surface area contributed by atoms with E-state index in [2.05, 4.69) is 4.90 Å². The van der Waals surface area contributed by atoms with Crippen molar-refractivity contribution in [1.29, 1.82) is 0 Å². The molecule has 1 unspecified atom stereocenters. The Hall–Kier alpha value is -2.18. The van der Waals surface area contributed by atoms with Gasteiger partial charge in [0, 0.05) is 37.5 Å². The Morgan fingerprint density at radius 1 is 1.21 bits per heavy atom. The minimum Gasteiger partial charge on any atom is -0.459 e. The maximum Gasteiger partial charge on any atom is 0.344 e. The van der Waals surface area contributed by atoms with Crippen molar-refractivity contribution in [3.63, 3.8) is 0 Å². The van der Waals surface area contributed by atoms with Gasteiger partial charge in [-0.2, -0.15) is 0 Å². The fourth-order valence-corrected chi connectivity index (χ4v) is 4.96. The van der Waals surface area contributed by atoms with Crippen LogP contribution in [0.5, 0.6) is 0 Å². The molecule has 2 aliphatic rings. The highest BCUT2D eigenvalue weighted by molar-refractivity contribution is 5.94. The summed E-state index contributed by atoms with van der Waals surface area (Å²) in [4.78, 5) is 28.3. The van der Waals surface area contributed by atoms with Crippen LogP contribution in [0.25, 0.3) is 10.9 Å². The van der Waals surface area contributed by atoms with Crippen molar-refractivity contribution < 1.29 is 14.6 Å². The molecule has 0 amide bonds. The molecule has 6 heteroatoms. The van der Waals surface area contributed by atoms with Gasteiger partial charge in [-0.3, -0.25) is 9.69 Å². The number of hydrogen-bond donors (Lipinski definition) is 1. The number of benzene rings is 1. The van der Waals surface area contributed by atoms with Crippen LogP contribution in [0.15, 0.2) is 35.1 Å². The van der Waals surface area contributed by atoms with Crippen LogP contribution < -0.4 is 5.56 Å². The monoisotopic (exact) mass is 384 g/mol. The number of carbonyl (C=O) groups is 1. The van der Waals surface area contributed by atoms with Gasteiger partial charge in [0.2, 0.25) is 0 Å². The summed E-state index contributed by atoms with van der Waals surface area (Å²) >= 11 is 0. The third kappa shape index (κ3) is 3.35. The van der Waals surface area contributed by atoms with Gasteiger partial charge >= 0.3 is 5.97 Å². The first-order valence-corrected chi connectivity index (χ1v) is 10.2. The Kier molecular flexibility index (Phi) is 5.25. The normalized spacial score (nSPS) is 24.8. The van der Waals surface area contributed by atoms with Gasteiger partial charge in [-0.15, -0.1) is 0 Å². The SMILES string of the molecule is CC(C)n1c(=O)c(C(=O)OC2C[C@H]3CC[C@@H](C2)N3CCO)cc2ccccc21. The Balaban J connectivity index is 1.59. The van der Waals surface area contributed by atoms with Crippen molar-refractivity contribution in [2.75, 3.05) is 13.2 Å². The van der Waals surface area contributed by atoms with Gasteiger partial charge in [-0.1, -0.05) is 18.2 Å². The van der Waals surface area contributed by atoms with Crippen LogP contribution in [0.1, 0.15) is 55.9 Å². The smallest absolute Gasteiger partial charge is 0.344 e. The minimum atomic E-state index is -0.523. The molecule has 0 radical (unpaired) electrons. The molecule has 28 heavy (non-hydrogen) atoms. The first kappa shape index (κ1) is 19.2. The van der Waals surface area contributed by atoms with E-state index < -0.39 is 5.97 Å². The average molecular weight is 384 g/mol. The number of fused-ring (bicyclic) bond motifs is 3. The zero-order valence-electron chi connectivity index (χ0n) is 16.5. The van der Waals surface area contributed by atoms with Crippen molar-refractivity contribution in [1.82, 2.24) is 9.47 Å². The highest BCUT2D eigenvalue weighted by atomic mass is 16.5. The second-order valence-electron chi connectivity index (χ2n) is 8.23. The Morgan fingerprint density at radius 2 is 1.89 bits per heavy atom. The molecule has 1 aromatic carbocycles. The predicted molar refractivity (Wildman–Crippen MR) is 108 cm³/mol. The molecule has 0 aliphatic carbocycles. The second-order valence-corrected chi connectivity index (χ2v) is 8.23. The van der Waals surface area contributed by atoms with E-state index in [9.17, 15) is 14.7 Å². The first-order chi connectivity index (χ1) is 13.5. The summed E-state index contributed by atoms with van der Waals surface area (Å²) in [5, 5.41) is 10.1. The van der Waals surface area contributed by atoms with Crippen LogP contribution in [-0.4, -0.2) is 51.9 Å². The number of aromatic nitrogens is 1. The molecule has 4 rings (SSSR count). The second kappa shape index (κ2) is 7.68. The van der Waals surface area contributed by atoms with Crippen LogP contribution in [0, 0.1) is 0 Å². The van der Waals surface area contributed by atoms with Crippen molar-refractivity contribution in [3.8, 4) is 0 Å². The fourth-order valence-electron chi connectivity index (χ4n) is 4.96. The third-order valence-corrected chi connectivity index (χ3v) is 6.15. The molecule has 2 saturated heterocycles. The van der Waals surface area contributed by atoms with Crippen molar-refractivity contribution in [2.45, 2.75) is 63.8 Å². The van der Waals surface area contributed by atoms with E-state index in [1.807, 2.05) is 38.1 Å². The van der Waals surface area contributed by atoms with Crippen molar-refractivity contribution >= 4 is 16.9 Å². The number of nitrogens with zero attached hydrogens (tertiary/aromatic N) is 2. The Morgan fingerprint density at radius 3 is 2.54 bits per heavy atom. The number of aliphatic hydroxyl groups excluding tert-OH is 1. The molecule has 2 bridgehead atoms. The summed E-state index contributed by atoms with van der Waals surface area (Å²) in [6.07, 6.45) is 3.53. The minimum absolute atomic E-state index is 0.0530. The number of ether oxygens (including phenoxy) is 1. The summed E-state index contributed by atoms with van der Waals surface area (Å²) in [6.45, 7) is 4.72. The van der Waals surface area contributed by atoms with Gasteiger partial charge in [-0.25, -0.2) is 4.79 Å². The van der Waals surface area contributed by atoms with Crippen LogP contribution in [0.4, 0.5) is 0 Å². The van der Waals surface area contributed by atoms with Crippen LogP contribution >= 0.6 is 0 Å². The highest BCUT2D eigenvalue weighted by Gasteiger charge is 2.41. The van der Waals surface area contributed by atoms with Gasteiger partial charge in [0.1, 0.15) is 11.7 Å². The van der Waals surface area contributed by atoms with Gasteiger partial charge in [0.25, 0.3) is 5.56 Å². The number of carbonyl (C=O) groups excluding carboxylic acids is 1. The van der Waals surface area contributed by atoms with E-state index in [-0.39, 0.29) is 29.9 Å². The molecular formula is C22H28N2O4. The van der Waals surface area contributed by atoms with Crippen molar-refractivity contribution in [2.24, 2.45) is 0 Å². The molecule has 3 heterocycles. The number of hydrogen-bond acceptors (Lipinski definition) is 5. The lowest BCUT2D eigenvalue weighted by Crippen LogP contribution is -2.47. The highest BCUT2D eigenvalue weighted by Crippen LogP contribution is 2.36. The quantitative estimate of drug-likeness (QED) is 0.803. The summed E-state index contributed by atoms with van der Waals surface area (Å²) < 4.78 is 7.47. The van der Waals surface area contributed by atoms with Gasteiger partial charge in [0.15, 0.2) is 0 Å². The van der Waals surface area contributed by atoms with Gasteiger partial charge in [0.05, 0.1) is 12.1 Å². The maximum atomic E-state index is 13.0. The molecule has 1 N–H and O–H groups in total. The van der Waals surface area contributed by atoms with Crippen LogP contribution in [-0.2, 0) is 4.74 Å². The molecule has 3 atom stereocenters. The molecule has 0 spiro atoms. The molecule has 0 saturated carbocycles. The molecule has 2 fully saturated rings. The lowest BCUT2D eigenvalue weighted by atomic mass is 9.99. The number of esters is 1. The zero-order chi connectivity index (χ0) is 19.8. The Bertz CT molecular complexity index is 922. The molecule has 6 nitrogen and oxygen atoms in total. The fraction of sp³-hybridized carbons (Fsp3) is 0.545. The van der Waals surface area contributed by atoms with E-state index in [1.165, 1.54) is 0 Å². The summed E-state index contributed by atoms with van der Waals surface area (Å²) in [7, 11) is 0. The lowest BCUT2D eigenvalue weighted by Gasteiger charge is -2.38. The molecule has 2 aliphatic heterocycles. The third-order valence-electron chi connectivity index (χ3n) is 6.15. The Labute approximate surface area is 164 Å².